The molecule has 8 saturated carbocycles. The van der Waals surface area contributed by atoms with Crippen molar-refractivity contribution in [2.45, 2.75) is 159 Å². The highest BCUT2D eigenvalue weighted by atomic mass is 35.5. The van der Waals surface area contributed by atoms with Gasteiger partial charge in [-0.05, 0) is 123 Å². The Kier molecular flexibility index (Phi) is 18.5. The SMILES string of the molecule is CC(=O)[C@@H]1C[C@@H]1C.CC(C)(C)C1CC1.C[C@@H]1C[C@@H]1C.C[C@H]1C[C@H]1C#N.C[C@H]1C[C@H]1C(=O)O.C[C@H]1C[C@H]1Cl.C[C@H]1C[C@H]1F.C[C@H]1C[C@H]1O. The Hall–Kier alpha value is -1.19. The summed E-state index contributed by atoms with van der Waals surface area (Å²) in [6.45, 7) is 25.6. The van der Waals surface area contributed by atoms with E-state index >= 15 is 0 Å². The summed E-state index contributed by atoms with van der Waals surface area (Å²) in [5.74, 6) is 7.36. The first kappa shape index (κ1) is 43.8. The van der Waals surface area contributed by atoms with Crippen molar-refractivity contribution in [3.63, 3.8) is 0 Å². The van der Waals surface area contributed by atoms with Gasteiger partial charge < -0.3 is 10.2 Å². The third kappa shape index (κ3) is 23.0. The first-order valence-electron chi connectivity index (χ1n) is 18.7. The number of Topliss-reactive ketones (excluding diaryl/α,β-unsaturated/α-hetero) is 1. The second kappa shape index (κ2) is 19.9. The number of carbonyl (C=O) groups is 2. The zero-order valence-electron chi connectivity index (χ0n) is 31.9. The molecule has 14 atom stereocenters. The lowest BCUT2D eigenvalue weighted by Gasteiger charge is -2.15. The maximum absolute atomic E-state index is 11.5. The smallest absolute Gasteiger partial charge is 0.306 e. The van der Waals surface area contributed by atoms with Crippen LogP contribution in [0.2, 0.25) is 0 Å². The predicted molar refractivity (Wildman–Crippen MR) is 193 cm³/mol. The van der Waals surface area contributed by atoms with E-state index in [1.54, 1.807) is 6.92 Å². The number of aliphatic hydroxyl groups is 1. The Morgan fingerprint density at radius 3 is 1.02 bits per heavy atom. The zero-order valence-corrected chi connectivity index (χ0v) is 32.7. The Morgan fingerprint density at radius 1 is 0.702 bits per heavy atom. The molecule has 0 heterocycles. The molecule has 0 radical (unpaired) electrons. The van der Waals surface area contributed by atoms with Gasteiger partial charge in [-0.3, -0.25) is 9.59 Å². The number of aliphatic carboxylic acids is 1. The molecule has 5 nitrogen and oxygen atoms in total. The molecule has 8 fully saturated rings. The summed E-state index contributed by atoms with van der Waals surface area (Å²) in [7, 11) is 0. The molecule has 0 amide bonds. The van der Waals surface area contributed by atoms with Crippen molar-refractivity contribution < 1.29 is 24.2 Å². The summed E-state index contributed by atoms with van der Waals surface area (Å²) >= 11 is 5.54. The Morgan fingerprint density at radius 2 is 1.02 bits per heavy atom. The van der Waals surface area contributed by atoms with Gasteiger partial charge in [0.1, 0.15) is 12.0 Å². The molecule has 2 N–H and O–H groups in total. The van der Waals surface area contributed by atoms with E-state index in [0.29, 0.717) is 58.0 Å². The van der Waals surface area contributed by atoms with Gasteiger partial charge in [-0.25, -0.2) is 4.39 Å². The van der Waals surface area contributed by atoms with Crippen LogP contribution in [0.1, 0.15) is 141 Å². The minimum absolute atomic E-state index is 0.0139. The number of carbonyl (C=O) groups excluding carboxylic acids is 1. The second-order valence-corrected chi connectivity index (χ2v) is 18.2. The Labute approximate surface area is 293 Å². The summed E-state index contributed by atoms with van der Waals surface area (Å²) in [6, 6.07) is 2.19. The van der Waals surface area contributed by atoms with Gasteiger partial charge in [-0.15, -0.1) is 11.6 Å². The van der Waals surface area contributed by atoms with E-state index in [9.17, 15) is 14.0 Å². The predicted octanol–water partition coefficient (Wildman–Crippen LogP) is 10.6. The molecule has 8 rings (SSSR count). The summed E-state index contributed by atoms with van der Waals surface area (Å²) < 4.78 is 11.5. The topological polar surface area (TPSA) is 98.4 Å². The maximum atomic E-state index is 11.5. The van der Waals surface area contributed by atoms with Crippen molar-refractivity contribution in [1.82, 2.24) is 0 Å². The third-order valence-electron chi connectivity index (χ3n) is 10.7. The molecule has 0 bridgehead atoms. The highest BCUT2D eigenvalue weighted by Gasteiger charge is 2.39. The lowest BCUT2D eigenvalue weighted by atomic mass is 9.91. The number of aliphatic hydroxyl groups excluding tert-OH is 1. The molecular formula is C40H71ClFNO4. The van der Waals surface area contributed by atoms with Crippen molar-refractivity contribution in [2.75, 3.05) is 0 Å². The van der Waals surface area contributed by atoms with Gasteiger partial charge in [-0.1, -0.05) is 76.2 Å². The number of ketones is 1. The van der Waals surface area contributed by atoms with Crippen molar-refractivity contribution >= 4 is 23.4 Å². The average Bonchev–Trinajstić information content (AvgIpc) is 3.75. The van der Waals surface area contributed by atoms with E-state index in [1.807, 2.05) is 20.8 Å². The second-order valence-electron chi connectivity index (χ2n) is 17.6. The van der Waals surface area contributed by atoms with Gasteiger partial charge in [0, 0.05) is 17.2 Å². The standard InChI is InChI=1S/C7H14.C6H10O.C5H7N.C5H8O2.C5H10.C4H7Cl.C4H7F.C4H8O/c1-7(2,3)6-4-5-6;1-4-3-6(4)5(2)7;1-4-2-5(4)3-6;1-3-2-4(3)5(6)7;1-4-3-5(4)2;3*1-3-2-4(3)5/h6H,4-5H2,1-3H3;4,6H,3H2,1-2H3;4-5H,2H2,1H3;3-4H,2H2,1H3,(H,6,7);4-5H,3H2,1-2H3;2*3-4H,2H2,1H3;3-5H,2H2,1H3/t;4-,6+;4-,5-;3-,4+;4-,5+;3*3-,4+/m.000.000/s1. The van der Waals surface area contributed by atoms with Crippen LogP contribution >= 0.6 is 11.6 Å². The minimum Gasteiger partial charge on any atom is -0.481 e. The highest BCUT2D eigenvalue weighted by Crippen LogP contribution is 2.44. The molecule has 0 aromatic carbocycles. The number of alkyl halides is 2. The van der Waals surface area contributed by atoms with E-state index in [0.717, 1.165) is 55.8 Å². The molecule has 8 aliphatic carbocycles. The molecule has 8 aliphatic rings. The average molecular weight is 684 g/mol. The summed E-state index contributed by atoms with van der Waals surface area (Å²) in [5.41, 5.74) is 0.611. The number of carboxylic acid groups (broad SMARTS) is 1. The van der Waals surface area contributed by atoms with Crippen LogP contribution in [-0.2, 0) is 9.59 Å². The monoisotopic (exact) mass is 684 g/mol. The Balaban J connectivity index is 0.000000270. The number of hydrogen-bond acceptors (Lipinski definition) is 4. The van der Waals surface area contributed by atoms with Gasteiger partial charge in [-0.2, -0.15) is 5.26 Å². The lowest BCUT2D eigenvalue weighted by molar-refractivity contribution is -0.138. The molecule has 0 aliphatic heterocycles. The van der Waals surface area contributed by atoms with Gasteiger partial charge >= 0.3 is 5.97 Å². The molecular weight excluding hydrogens is 613 g/mol. The van der Waals surface area contributed by atoms with Crippen molar-refractivity contribution in [2.24, 2.45) is 76.4 Å². The van der Waals surface area contributed by atoms with Gasteiger partial charge in [0.25, 0.3) is 0 Å². The van der Waals surface area contributed by atoms with Gasteiger partial charge in [0.05, 0.1) is 18.1 Å². The van der Waals surface area contributed by atoms with Crippen LogP contribution in [-0.4, -0.2) is 39.6 Å². The van der Waals surface area contributed by atoms with E-state index in [2.05, 4.69) is 61.5 Å². The summed E-state index contributed by atoms with van der Waals surface area (Å²) in [5, 5.41) is 25.3. The normalized spacial score (nSPS) is 40.9. The summed E-state index contributed by atoms with van der Waals surface area (Å²) in [4.78, 5) is 20.4. The van der Waals surface area contributed by atoms with Crippen LogP contribution in [0.25, 0.3) is 0 Å². The maximum Gasteiger partial charge on any atom is 0.306 e. The fraction of sp³-hybridized carbons (Fsp3) is 0.925. The molecule has 274 valence electrons. The molecule has 47 heavy (non-hydrogen) atoms. The Bertz CT molecular complexity index is 884. The number of halogens is 2. The highest BCUT2D eigenvalue weighted by molar-refractivity contribution is 6.22. The molecule has 0 saturated heterocycles. The molecule has 0 unspecified atom stereocenters. The van der Waals surface area contributed by atoms with Crippen LogP contribution in [0.15, 0.2) is 0 Å². The van der Waals surface area contributed by atoms with E-state index in [1.165, 1.54) is 25.7 Å². The van der Waals surface area contributed by atoms with Gasteiger partial charge in [0.2, 0.25) is 0 Å². The number of rotatable bonds is 2. The quantitative estimate of drug-likeness (QED) is 0.282. The lowest BCUT2D eigenvalue weighted by Crippen LogP contribution is -2.06. The van der Waals surface area contributed by atoms with Crippen LogP contribution in [0, 0.1) is 87.8 Å². The molecule has 0 spiro atoms. The molecule has 0 aromatic heterocycles. The van der Waals surface area contributed by atoms with Crippen LogP contribution in [0.5, 0.6) is 0 Å². The van der Waals surface area contributed by atoms with E-state index < -0.39 is 12.1 Å². The molecule has 0 aromatic rings. The largest absolute Gasteiger partial charge is 0.481 e. The van der Waals surface area contributed by atoms with Crippen molar-refractivity contribution in [3.05, 3.63) is 0 Å². The number of hydrogen-bond donors (Lipinski definition) is 2. The minimum atomic E-state index is -0.632. The number of nitriles is 1. The first-order chi connectivity index (χ1) is 21.6. The van der Waals surface area contributed by atoms with Crippen molar-refractivity contribution in [3.8, 4) is 6.07 Å². The van der Waals surface area contributed by atoms with Crippen LogP contribution < -0.4 is 0 Å². The summed E-state index contributed by atoms with van der Waals surface area (Å²) in [6.07, 6.45) is 10.3. The fourth-order valence-electron chi connectivity index (χ4n) is 4.37. The van der Waals surface area contributed by atoms with Crippen LogP contribution in [0.3, 0.4) is 0 Å². The fourth-order valence-corrected chi connectivity index (χ4v) is 4.65. The number of nitrogens with zero attached hydrogens (tertiary/aromatic N) is 1. The third-order valence-corrected chi connectivity index (χ3v) is 11.3. The zero-order chi connectivity index (χ0) is 36.4. The van der Waals surface area contributed by atoms with E-state index in [4.69, 9.17) is 27.1 Å². The van der Waals surface area contributed by atoms with Crippen molar-refractivity contribution in [1.29, 1.82) is 5.26 Å². The first-order valence-corrected chi connectivity index (χ1v) is 19.1. The number of carboxylic acids is 1. The van der Waals surface area contributed by atoms with Crippen LogP contribution in [0.4, 0.5) is 4.39 Å². The molecule has 7 heteroatoms. The van der Waals surface area contributed by atoms with Gasteiger partial charge in [0.15, 0.2) is 0 Å². The van der Waals surface area contributed by atoms with E-state index in [-0.39, 0.29) is 12.0 Å².